The van der Waals surface area contributed by atoms with Crippen LogP contribution in [0.25, 0.3) is 0 Å². The van der Waals surface area contributed by atoms with Crippen LogP contribution < -0.4 is 10.0 Å². The Balaban J connectivity index is 1.36. The number of likely N-dealkylation sites (tertiary alicyclic amines) is 1. The molecule has 2 aromatic rings. The third kappa shape index (κ3) is 6.87. The molecule has 3 rings (SSSR count). The number of amides is 1. The summed E-state index contributed by atoms with van der Waals surface area (Å²) < 4.78 is 40.7. The van der Waals surface area contributed by atoms with Crippen molar-refractivity contribution < 1.29 is 17.6 Å². The van der Waals surface area contributed by atoms with Crippen molar-refractivity contribution in [1.29, 1.82) is 0 Å². The molecular weight excluding hydrogens is 473 g/mol. The van der Waals surface area contributed by atoms with E-state index in [4.69, 9.17) is 0 Å². The summed E-state index contributed by atoms with van der Waals surface area (Å²) in [6.45, 7) is 2.50. The molecule has 9 heteroatoms. The van der Waals surface area contributed by atoms with Gasteiger partial charge in [0, 0.05) is 43.1 Å². The van der Waals surface area contributed by atoms with Gasteiger partial charge in [-0.05, 0) is 54.8 Å². The predicted molar refractivity (Wildman–Crippen MR) is 117 cm³/mol. The summed E-state index contributed by atoms with van der Waals surface area (Å²) in [6, 6.07) is 12.9. The summed E-state index contributed by atoms with van der Waals surface area (Å²) in [7, 11) is -3.63. The molecule has 1 heterocycles. The van der Waals surface area contributed by atoms with Crippen molar-refractivity contribution in [3.05, 3.63) is 64.4 Å². The molecule has 0 aromatic heterocycles. The van der Waals surface area contributed by atoms with Crippen LogP contribution in [0.3, 0.4) is 0 Å². The van der Waals surface area contributed by atoms with Crippen LogP contribution in [0.15, 0.2) is 57.9 Å². The summed E-state index contributed by atoms with van der Waals surface area (Å²) >= 11 is 3.27. The summed E-state index contributed by atoms with van der Waals surface area (Å²) in [5.41, 5.74) is 1.07. The molecule has 1 fully saturated rings. The SMILES string of the molecule is O=C(CCNS(=O)(=O)c1ccc(Br)cc1)NC1CCN(Cc2ccc(F)cc2)CC1. The summed E-state index contributed by atoms with van der Waals surface area (Å²) in [5, 5.41) is 2.99. The summed E-state index contributed by atoms with van der Waals surface area (Å²) in [4.78, 5) is 14.6. The van der Waals surface area contributed by atoms with Gasteiger partial charge in [0.2, 0.25) is 15.9 Å². The molecule has 1 amide bonds. The fourth-order valence-electron chi connectivity index (χ4n) is 3.38. The van der Waals surface area contributed by atoms with Gasteiger partial charge in [-0.1, -0.05) is 28.1 Å². The molecule has 0 atom stereocenters. The van der Waals surface area contributed by atoms with Gasteiger partial charge in [-0.3, -0.25) is 9.69 Å². The van der Waals surface area contributed by atoms with Gasteiger partial charge in [0.15, 0.2) is 0 Å². The van der Waals surface area contributed by atoms with E-state index in [2.05, 4.69) is 30.9 Å². The molecule has 0 radical (unpaired) electrons. The van der Waals surface area contributed by atoms with Gasteiger partial charge in [0.1, 0.15) is 5.82 Å². The highest BCUT2D eigenvalue weighted by Crippen LogP contribution is 2.15. The van der Waals surface area contributed by atoms with Crippen molar-refractivity contribution >= 4 is 31.9 Å². The second kappa shape index (κ2) is 10.5. The zero-order chi connectivity index (χ0) is 21.6. The second-order valence-electron chi connectivity index (χ2n) is 7.35. The van der Waals surface area contributed by atoms with Crippen LogP contribution >= 0.6 is 15.9 Å². The molecule has 162 valence electrons. The number of nitrogens with one attached hydrogen (secondary N) is 2. The van der Waals surface area contributed by atoms with Crippen LogP contribution in [0.2, 0.25) is 0 Å². The highest BCUT2D eigenvalue weighted by atomic mass is 79.9. The number of nitrogens with zero attached hydrogens (tertiary/aromatic N) is 1. The van der Waals surface area contributed by atoms with E-state index in [9.17, 15) is 17.6 Å². The van der Waals surface area contributed by atoms with Crippen molar-refractivity contribution in [2.75, 3.05) is 19.6 Å². The van der Waals surface area contributed by atoms with Crippen molar-refractivity contribution in [3.8, 4) is 0 Å². The van der Waals surface area contributed by atoms with Gasteiger partial charge >= 0.3 is 0 Å². The first kappa shape index (κ1) is 22.9. The third-order valence-electron chi connectivity index (χ3n) is 5.04. The average Bonchev–Trinajstić information content (AvgIpc) is 2.71. The third-order valence-corrected chi connectivity index (χ3v) is 7.05. The van der Waals surface area contributed by atoms with Crippen molar-refractivity contribution in [2.24, 2.45) is 0 Å². The van der Waals surface area contributed by atoms with Gasteiger partial charge in [-0.15, -0.1) is 0 Å². The van der Waals surface area contributed by atoms with E-state index in [0.717, 1.165) is 42.5 Å². The minimum atomic E-state index is -3.63. The monoisotopic (exact) mass is 497 g/mol. The number of hydrogen-bond acceptors (Lipinski definition) is 4. The molecule has 0 unspecified atom stereocenters. The maximum Gasteiger partial charge on any atom is 0.240 e. The largest absolute Gasteiger partial charge is 0.353 e. The highest BCUT2D eigenvalue weighted by molar-refractivity contribution is 9.10. The number of hydrogen-bond donors (Lipinski definition) is 2. The minimum absolute atomic E-state index is 0.0492. The first-order valence-corrected chi connectivity index (χ1v) is 12.1. The lowest BCUT2D eigenvalue weighted by Gasteiger charge is -2.32. The number of sulfonamides is 1. The number of benzene rings is 2. The molecule has 0 spiro atoms. The van der Waals surface area contributed by atoms with Crippen LogP contribution in [0, 0.1) is 5.82 Å². The smallest absolute Gasteiger partial charge is 0.240 e. The Hall–Kier alpha value is -1.81. The van der Waals surface area contributed by atoms with E-state index in [1.165, 1.54) is 24.3 Å². The average molecular weight is 498 g/mol. The first-order valence-electron chi connectivity index (χ1n) is 9.83. The fraction of sp³-hybridized carbons (Fsp3) is 0.381. The van der Waals surface area contributed by atoms with Crippen molar-refractivity contribution in [1.82, 2.24) is 14.9 Å². The van der Waals surface area contributed by atoms with Crippen LogP contribution in [-0.2, 0) is 21.4 Å². The molecule has 1 aliphatic heterocycles. The maximum absolute atomic E-state index is 13.0. The Kier molecular flexibility index (Phi) is 7.99. The molecule has 1 aliphatic rings. The van der Waals surface area contributed by atoms with Crippen molar-refractivity contribution in [3.63, 3.8) is 0 Å². The van der Waals surface area contributed by atoms with Crippen LogP contribution in [0.4, 0.5) is 4.39 Å². The number of piperidine rings is 1. The Bertz CT molecular complexity index is 944. The van der Waals surface area contributed by atoms with Gasteiger partial charge in [0.25, 0.3) is 0 Å². The molecule has 0 saturated carbocycles. The van der Waals surface area contributed by atoms with E-state index < -0.39 is 10.0 Å². The minimum Gasteiger partial charge on any atom is -0.353 e. The quantitative estimate of drug-likeness (QED) is 0.587. The van der Waals surface area contributed by atoms with Crippen molar-refractivity contribution in [2.45, 2.75) is 36.7 Å². The van der Waals surface area contributed by atoms with E-state index in [-0.39, 0.29) is 35.6 Å². The van der Waals surface area contributed by atoms with Gasteiger partial charge in [-0.25, -0.2) is 17.5 Å². The lowest BCUT2D eigenvalue weighted by molar-refractivity contribution is -0.121. The lowest BCUT2D eigenvalue weighted by Crippen LogP contribution is -2.45. The molecule has 6 nitrogen and oxygen atoms in total. The van der Waals surface area contributed by atoms with E-state index in [1.54, 1.807) is 24.3 Å². The Morgan fingerprint density at radius 3 is 2.33 bits per heavy atom. The highest BCUT2D eigenvalue weighted by Gasteiger charge is 2.21. The molecule has 0 bridgehead atoms. The van der Waals surface area contributed by atoms with Crippen LogP contribution in [0.5, 0.6) is 0 Å². The molecular formula is C21H25BrFN3O3S. The Morgan fingerprint density at radius 2 is 1.70 bits per heavy atom. The summed E-state index contributed by atoms with van der Waals surface area (Å²) in [5.74, 6) is -0.398. The second-order valence-corrected chi connectivity index (χ2v) is 10.0. The van der Waals surface area contributed by atoms with Crippen LogP contribution in [0.1, 0.15) is 24.8 Å². The van der Waals surface area contributed by atoms with Crippen LogP contribution in [-0.4, -0.2) is 44.9 Å². The number of halogens is 2. The van der Waals surface area contributed by atoms with Gasteiger partial charge < -0.3 is 5.32 Å². The Morgan fingerprint density at radius 1 is 1.07 bits per heavy atom. The molecule has 2 aromatic carbocycles. The van der Waals surface area contributed by atoms with E-state index in [0.29, 0.717) is 0 Å². The zero-order valence-corrected chi connectivity index (χ0v) is 18.9. The Labute approximate surface area is 185 Å². The zero-order valence-electron chi connectivity index (χ0n) is 16.5. The topological polar surface area (TPSA) is 78.5 Å². The lowest BCUT2D eigenvalue weighted by atomic mass is 10.0. The maximum atomic E-state index is 13.0. The first-order chi connectivity index (χ1) is 14.3. The number of carbonyl (C=O) groups is 1. The molecule has 2 N–H and O–H groups in total. The van der Waals surface area contributed by atoms with E-state index >= 15 is 0 Å². The summed E-state index contributed by atoms with van der Waals surface area (Å²) in [6.07, 6.45) is 1.75. The normalized spacial score (nSPS) is 15.8. The van der Waals surface area contributed by atoms with E-state index in [1.807, 2.05) is 0 Å². The van der Waals surface area contributed by atoms with Gasteiger partial charge in [0.05, 0.1) is 4.90 Å². The standard InChI is InChI=1S/C21H25BrFN3O3S/c22-17-3-7-20(8-4-17)30(28,29)24-12-9-21(27)25-19-10-13-26(14-11-19)15-16-1-5-18(23)6-2-16/h1-8,19,24H,9-15H2,(H,25,27). The predicted octanol–water partition coefficient (Wildman–Crippen LogP) is 3.04. The molecule has 1 saturated heterocycles. The number of carbonyl (C=O) groups excluding carboxylic acids is 1. The number of rotatable bonds is 8. The fourth-order valence-corrected chi connectivity index (χ4v) is 4.68. The molecule has 0 aliphatic carbocycles. The van der Waals surface area contributed by atoms with Gasteiger partial charge in [-0.2, -0.15) is 0 Å². The molecule has 30 heavy (non-hydrogen) atoms.